The van der Waals surface area contributed by atoms with Crippen molar-refractivity contribution in [1.82, 2.24) is 4.98 Å². The molecule has 1 unspecified atom stereocenters. The maximum absolute atomic E-state index is 10.8. The lowest BCUT2D eigenvalue weighted by molar-refractivity contribution is 0.0412. The van der Waals surface area contributed by atoms with E-state index < -0.39 is 6.10 Å². The van der Waals surface area contributed by atoms with E-state index in [0.29, 0.717) is 6.61 Å². The zero-order chi connectivity index (χ0) is 19.3. The van der Waals surface area contributed by atoms with Gasteiger partial charge in [0.15, 0.2) is 0 Å². The van der Waals surface area contributed by atoms with E-state index >= 15 is 0 Å². The molecule has 3 heteroatoms. The van der Waals surface area contributed by atoms with Crippen LogP contribution >= 0.6 is 0 Å². The van der Waals surface area contributed by atoms with Gasteiger partial charge in [-0.1, -0.05) is 70.0 Å². The minimum Gasteiger partial charge on any atom is -0.487 e. The third-order valence-electron chi connectivity index (χ3n) is 5.13. The maximum Gasteiger partial charge on any atom is 0.130 e. The van der Waals surface area contributed by atoms with E-state index in [-0.39, 0.29) is 5.41 Å². The van der Waals surface area contributed by atoms with Crippen LogP contribution in [0.4, 0.5) is 0 Å². The van der Waals surface area contributed by atoms with Gasteiger partial charge >= 0.3 is 0 Å². The van der Waals surface area contributed by atoms with Crippen LogP contribution in [-0.2, 0) is 6.61 Å². The summed E-state index contributed by atoms with van der Waals surface area (Å²) in [6.45, 7) is 6.83. The van der Waals surface area contributed by atoms with Gasteiger partial charge < -0.3 is 9.84 Å². The van der Waals surface area contributed by atoms with Crippen LogP contribution in [0.1, 0.15) is 57.4 Å². The summed E-state index contributed by atoms with van der Waals surface area (Å²) >= 11 is 0. The van der Waals surface area contributed by atoms with Gasteiger partial charge in [-0.3, -0.25) is 0 Å². The van der Waals surface area contributed by atoms with Gasteiger partial charge in [-0.15, -0.1) is 0 Å². The predicted molar refractivity (Wildman–Crippen MR) is 111 cm³/mol. The Bertz CT molecular complexity index is 888. The highest BCUT2D eigenvalue weighted by Gasteiger charge is 2.28. The Morgan fingerprint density at radius 3 is 2.67 bits per heavy atom. The largest absolute Gasteiger partial charge is 0.487 e. The summed E-state index contributed by atoms with van der Waals surface area (Å²) in [6, 6.07) is 19.9. The molecule has 0 saturated carbocycles. The van der Waals surface area contributed by atoms with Crippen molar-refractivity contribution >= 4 is 10.9 Å². The number of unbranched alkanes of at least 4 members (excludes halogenated alkanes) is 1. The molecule has 1 N–H and O–H groups in total. The number of hydrogen-bond donors (Lipinski definition) is 1. The van der Waals surface area contributed by atoms with Crippen LogP contribution in [0.5, 0.6) is 5.75 Å². The van der Waals surface area contributed by atoms with E-state index in [9.17, 15) is 5.11 Å². The van der Waals surface area contributed by atoms with Gasteiger partial charge in [0.1, 0.15) is 12.4 Å². The summed E-state index contributed by atoms with van der Waals surface area (Å²) in [7, 11) is 0. The third kappa shape index (κ3) is 4.86. The average molecular weight is 364 g/mol. The topological polar surface area (TPSA) is 42.4 Å². The number of benzene rings is 2. The molecule has 0 aliphatic heterocycles. The first-order valence-corrected chi connectivity index (χ1v) is 9.75. The number of fused-ring (bicyclic) bond motifs is 1. The molecule has 1 heterocycles. The number of hydrogen-bond acceptors (Lipinski definition) is 3. The van der Waals surface area contributed by atoms with Crippen molar-refractivity contribution in [3.63, 3.8) is 0 Å². The zero-order valence-electron chi connectivity index (χ0n) is 16.5. The SMILES string of the molecule is CCCCC(C)(C)C(O)c1cccc(OCc2ccc3ccccc3n2)c1. The Morgan fingerprint density at radius 2 is 1.85 bits per heavy atom. The first kappa shape index (κ1) is 19.4. The summed E-state index contributed by atoms with van der Waals surface area (Å²) in [6.07, 6.45) is 2.74. The molecule has 1 atom stereocenters. The Balaban J connectivity index is 1.69. The highest BCUT2D eigenvalue weighted by Crippen LogP contribution is 2.38. The first-order chi connectivity index (χ1) is 13.0. The van der Waals surface area contributed by atoms with E-state index in [2.05, 4.69) is 37.9 Å². The van der Waals surface area contributed by atoms with Crippen molar-refractivity contribution in [1.29, 1.82) is 0 Å². The van der Waals surface area contributed by atoms with Gasteiger partial charge in [0.05, 0.1) is 17.3 Å². The molecule has 0 aliphatic rings. The maximum atomic E-state index is 10.8. The van der Waals surface area contributed by atoms with Crippen LogP contribution in [0.15, 0.2) is 60.7 Å². The zero-order valence-corrected chi connectivity index (χ0v) is 16.5. The van der Waals surface area contributed by atoms with Crippen LogP contribution in [0, 0.1) is 5.41 Å². The summed E-state index contributed by atoms with van der Waals surface area (Å²) in [5, 5.41) is 12.0. The van der Waals surface area contributed by atoms with Crippen molar-refractivity contribution in [2.45, 2.75) is 52.7 Å². The van der Waals surface area contributed by atoms with E-state index in [1.54, 1.807) is 0 Å². The normalized spacial score (nSPS) is 12.9. The second-order valence-corrected chi connectivity index (χ2v) is 7.85. The number of ether oxygens (including phenoxy) is 1. The quantitative estimate of drug-likeness (QED) is 0.528. The molecule has 0 saturated heterocycles. The van der Waals surface area contributed by atoms with Crippen LogP contribution < -0.4 is 4.74 Å². The number of pyridine rings is 1. The number of rotatable bonds is 8. The van der Waals surface area contributed by atoms with Crippen LogP contribution in [-0.4, -0.2) is 10.1 Å². The summed E-state index contributed by atoms with van der Waals surface area (Å²) in [5.74, 6) is 0.757. The lowest BCUT2D eigenvalue weighted by Gasteiger charge is -2.31. The van der Waals surface area contributed by atoms with E-state index in [4.69, 9.17) is 4.74 Å². The fraction of sp³-hybridized carbons (Fsp3) is 0.375. The molecule has 0 spiro atoms. The van der Waals surface area contributed by atoms with Gasteiger partial charge in [0.2, 0.25) is 0 Å². The summed E-state index contributed by atoms with van der Waals surface area (Å²) < 4.78 is 5.95. The molecule has 3 aromatic rings. The average Bonchev–Trinajstić information content (AvgIpc) is 2.70. The van der Waals surface area contributed by atoms with Gasteiger partial charge in [0.25, 0.3) is 0 Å². The van der Waals surface area contributed by atoms with Crippen LogP contribution in [0.2, 0.25) is 0 Å². The standard InChI is InChI=1S/C24H29NO2/c1-4-5-15-24(2,3)23(26)19-10-8-11-21(16-19)27-17-20-14-13-18-9-6-7-12-22(18)25-20/h6-14,16,23,26H,4-5,15,17H2,1-3H3. The van der Waals surface area contributed by atoms with Crippen molar-refractivity contribution in [2.24, 2.45) is 5.41 Å². The van der Waals surface area contributed by atoms with Gasteiger partial charge in [-0.2, -0.15) is 0 Å². The minimum absolute atomic E-state index is 0.158. The molecule has 0 radical (unpaired) electrons. The molecule has 1 aromatic heterocycles. The fourth-order valence-corrected chi connectivity index (χ4v) is 3.34. The number of para-hydroxylation sites is 1. The van der Waals surface area contributed by atoms with E-state index in [1.165, 1.54) is 0 Å². The summed E-state index contributed by atoms with van der Waals surface area (Å²) in [5.41, 5.74) is 2.61. The van der Waals surface area contributed by atoms with Crippen molar-refractivity contribution < 1.29 is 9.84 Å². The third-order valence-corrected chi connectivity index (χ3v) is 5.13. The molecular weight excluding hydrogens is 334 g/mol. The van der Waals surface area contributed by atoms with Crippen LogP contribution in [0.3, 0.4) is 0 Å². The molecule has 2 aromatic carbocycles. The first-order valence-electron chi connectivity index (χ1n) is 9.75. The molecule has 27 heavy (non-hydrogen) atoms. The Morgan fingerprint density at radius 1 is 1.04 bits per heavy atom. The lowest BCUT2D eigenvalue weighted by Crippen LogP contribution is -2.22. The molecule has 3 nitrogen and oxygen atoms in total. The van der Waals surface area contributed by atoms with Crippen molar-refractivity contribution in [3.05, 3.63) is 71.9 Å². The Hall–Kier alpha value is -2.39. The van der Waals surface area contributed by atoms with Gasteiger partial charge in [-0.25, -0.2) is 4.98 Å². The van der Waals surface area contributed by atoms with Gasteiger partial charge in [0, 0.05) is 5.39 Å². The van der Waals surface area contributed by atoms with E-state index in [1.807, 2.05) is 48.5 Å². The monoisotopic (exact) mass is 363 g/mol. The second-order valence-electron chi connectivity index (χ2n) is 7.85. The van der Waals surface area contributed by atoms with Gasteiger partial charge in [-0.05, 0) is 41.7 Å². The smallest absolute Gasteiger partial charge is 0.130 e. The lowest BCUT2D eigenvalue weighted by atomic mass is 9.78. The van der Waals surface area contributed by atoms with Crippen LogP contribution in [0.25, 0.3) is 10.9 Å². The Kier molecular flexibility index (Phi) is 6.12. The number of aliphatic hydroxyl groups excluding tert-OH is 1. The number of aromatic nitrogens is 1. The van der Waals surface area contributed by atoms with Crippen molar-refractivity contribution in [2.75, 3.05) is 0 Å². The minimum atomic E-state index is -0.508. The molecular formula is C24H29NO2. The molecule has 0 fully saturated rings. The molecule has 0 aliphatic carbocycles. The highest BCUT2D eigenvalue weighted by molar-refractivity contribution is 5.78. The fourth-order valence-electron chi connectivity index (χ4n) is 3.34. The highest BCUT2D eigenvalue weighted by atomic mass is 16.5. The molecule has 0 bridgehead atoms. The molecule has 3 rings (SSSR count). The number of nitrogens with zero attached hydrogens (tertiary/aromatic N) is 1. The Labute approximate surface area is 162 Å². The number of aliphatic hydroxyl groups is 1. The van der Waals surface area contributed by atoms with Crippen molar-refractivity contribution in [3.8, 4) is 5.75 Å². The molecule has 142 valence electrons. The predicted octanol–water partition coefficient (Wildman–Crippen LogP) is 6.06. The van der Waals surface area contributed by atoms with E-state index in [0.717, 1.165) is 47.2 Å². The molecule has 0 amide bonds. The second kappa shape index (κ2) is 8.53. The summed E-state index contributed by atoms with van der Waals surface area (Å²) in [4.78, 5) is 4.65.